The molecule has 1 aliphatic carbocycles. The average molecular weight is 454 g/mol. The number of benzene rings is 2. The third kappa shape index (κ3) is 3.21. The molecule has 4 N–H and O–H groups in total. The molecule has 1 heterocycles. The molecule has 0 amide bonds. The van der Waals surface area contributed by atoms with Crippen molar-refractivity contribution in [3.05, 3.63) is 69.6 Å². The van der Waals surface area contributed by atoms with E-state index in [4.69, 9.17) is 0 Å². The van der Waals surface area contributed by atoms with E-state index < -0.39 is 58.7 Å². The molecule has 32 heavy (non-hydrogen) atoms. The molecule has 3 atom stereocenters. The Bertz CT molecular complexity index is 1260. The van der Waals surface area contributed by atoms with Crippen molar-refractivity contribution in [2.45, 2.75) is 43.5 Å². The fraction of sp³-hybridized carbons (Fsp3) is 0.318. The van der Waals surface area contributed by atoms with Gasteiger partial charge in [-0.15, -0.1) is 0 Å². The Morgan fingerprint density at radius 2 is 1.94 bits per heavy atom. The zero-order valence-corrected chi connectivity index (χ0v) is 16.7. The van der Waals surface area contributed by atoms with Crippen molar-refractivity contribution in [2.75, 3.05) is 5.32 Å². The van der Waals surface area contributed by atoms with E-state index >= 15 is 0 Å². The van der Waals surface area contributed by atoms with Crippen LogP contribution in [0.25, 0.3) is 10.8 Å². The maximum atomic E-state index is 14.2. The smallest absolute Gasteiger partial charge is 0.419 e. The van der Waals surface area contributed by atoms with Crippen molar-refractivity contribution >= 4 is 16.5 Å². The Hall–Kier alpha value is -3.14. The number of hydrogen-bond acceptors (Lipinski definition) is 4. The largest absolute Gasteiger partial charge is 0.505 e. The molecule has 0 saturated heterocycles. The highest BCUT2D eigenvalue weighted by Crippen LogP contribution is 2.55. The molecule has 10 heteroatoms. The van der Waals surface area contributed by atoms with Gasteiger partial charge in [-0.3, -0.25) is 4.79 Å². The summed E-state index contributed by atoms with van der Waals surface area (Å²) in [6, 6.07) is 4.37. The van der Waals surface area contributed by atoms with Gasteiger partial charge in [0.05, 0.1) is 6.04 Å². The van der Waals surface area contributed by atoms with Crippen molar-refractivity contribution < 1.29 is 32.2 Å². The average Bonchev–Trinajstić information content (AvgIpc) is 2.73. The zero-order chi connectivity index (χ0) is 23.4. The SMILES string of the molecule is CC[C@@H]1C[C@](O)(C(F)(F)F)[C@@H](Nc2cccc3c(=O)[nH]ccc23)c2cc(F)c(F)c(O)c21. The minimum Gasteiger partial charge on any atom is -0.505 e. The number of halogens is 5. The molecule has 2 aromatic carbocycles. The summed E-state index contributed by atoms with van der Waals surface area (Å²) in [7, 11) is 0. The van der Waals surface area contributed by atoms with Crippen molar-refractivity contribution in [3.8, 4) is 5.75 Å². The summed E-state index contributed by atoms with van der Waals surface area (Å²) < 4.78 is 70.8. The number of fused-ring (bicyclic) bond motifs is 2. The van der Waals surface area contributed by atoms with Crippen molar-refractivity contribution in [1.82, 2.24) is 4.98 Å². The number of phenols is 1. The summed E-state index contributed by atoms with van der Waals surface area (Å²) in [5, 5.41) is 24.2. The fourth-order valence-electron chi connectivity index (χ4n) is 4.49. The number of hydrogen-bond donors (Lipinski definition) is 4. The molecule has 0 spiro atoms. The molecule has 3 aromatic rings. The number of H-pyrrole nitrogens is 1. The van der Waals surface area contributed by atoms with E-state index in [2.05, 4.69) is 10.3 Å². The highest BCUT2D eigenvalue weighted by atomic mass is 19.4. The molecule has 4 rings (SSSR count). The minimum absolute atomic E-state index is 0.0421. The molecule has 0 unspecified atom stereocenters. The number of rotatable bonds is 3. The number of aromatic hydroxyl groups is 1. The van der Waals surface area contributed by atoms with Gasteiger partial charge in [-0.2, -0.15) is 17.6 Å². The summed E-state index contributed by atoms with van der Waals surface area (Å²) in [5.74, 6) is -5.24. The Morgan fingerprint density at radius 3 is 2.59 bits per heavy atom. The van der Waals surface area contributed by atoms with Crippen molar-refractivity contribution in [3.63, 3.8) is 0 Å². The van der Waals surface area contributed by atoms with Gasteiger partial charge in [0.15, 0.2) is 17.2 Å². The Kier molecular flexibility index (Phi) is 5.15. The molecule has 0 radical (unpaired) electrons. The second kappa shape index (κ2) is 7.47. The molecule has 0 bridgehead atoms. The normalized spacial score (nSPS) is 23.2. The fourth-order valence-corrected chi connectivity index (χ4v) is 4.49. The minimum atomic E-state index is -5.14. The first-order valence-corrected chi connectivity index (χ1v) is 9.86. The maximum Gasteiger partial charge on any atom is 0.419 e. The predicted molar refractivity (Wildman–Crippen MR) is 108 cm³/mol. The molecule has 5 nitrogen and oxygen atoms in total. The number of pyridine rings is 1. The third-order valence-corrected chi connectivity index (χ3v) is 6.12. The molecule has 0 fully saturated rings. The van der Waals surface area contributed by atoms with Gasteiger partial charge in [-0.1, -0.05) is 13.0 Å². The van der Waals surface area contributed by atoms with Crippen LogP contribution in [0.4, 0.5) is 27.6 Å². The third-order valence-electron chi connectivity index (χ3n) is 6.12. The lowest BCUT2D eigenvalue weighted by Gasteiger charge is -2.46. The van der Waals surface area contributed by atoms with Gasteiger partial charge in [-0.25, -0.2) is 4.39 Å². The van der Waals surface area contributed by atoms with Gasteiger partial charge in [0.2, 0.25) is 5.82 Å². The maximum absolute atomic E-state index is 14.2. The van der Waals surface area contributed by atoms with E-state index in [-0.39, 0.29) is 28.4 Å². The van der Waals surface area contributed by atoms with Gasteiger partial charge in [0.25, 0.3) is 5.56 Å². The van der Waals surface area contributed by atoms with Crippen molar-refractivity contribution in [2.24, 2.45) is 0 Å². The van der Waals surface area contributed by atoms with Crippen LogP contribution in [0.1, 0.15) is 42.9 Å². The first-order chi connectivity index (χ1) is 15.0. The highest BCUT2D eigenvalue weighted by Gasteiger charge is 2.62. The highest BCUT2D eigenvalue weighted by molar-refractivity contribution is 5.93. The number of aliphatic hydroxyl groups is 1. The second-order valence-corrected chi connectivity index (χ2v) is 7.91. The van der Waals surface area contributed by atoms with Crippen LogP contribution in [0.5, 0.6) is 5.75 Å². The summed E-state index contributed by atoms with van der Waals surface area (Å²) in [5.41, 5.74) is -4.35. The standard InChI is InChI=1S/C22H19F5N2O3/c1-2-10-9-21(32,22(25,26)27)19(13-8-14(23)17(24)18(30)16(10)13)29-15-5-3-4-12-11(15)6-7-28-20(12)31/h3-8,10,19,29-30,32H,2,9H2,1H3,(H,28,31)/t10-,19+,21-/m1/s1. The second-order valence-electron chi connectivity index (χ2n) is 7.91. The van der Waals surface area contributed by atoms with Crippen LogP contribution in [0.2, 0.25) is 0 Å². The quantitative estimate of drug-likeness (QED) is 0.426. The van der Waals surface area contributed by atoms with E-state index in [1.807, 2.05) is 0 Å². The Morgan fingerprint density at radius 1 is 1.22 bits per heavy atom. The Labute approximate surface area is 178 Å². The van der Waals surface area contributed by atoms with Crippen LogP contribution in [-0.2, 0) is 0 Å². The summed E-state index contributed by atoms with van der Waals surface area (Å²) in [4.78, 5) is 14.5. The van der Waals surface area contributed by atoms with E-state index in [0.29, 0.717) is 6.07 Å². The lowest BCUT2D eigenvalue weighted by Crippen LogP contribution is -2.55. The monoisotopic (exact) mass is 454 g/mol. The van der Waals surface area contributed by atoms with E-state index in [9.17, 15) is 37.0 Å². The Balaban J connectivity index is 1.98. The topological polar surface area (TPSA) is 85.4 Å². The van der Waals surface area contributed by atoms with E-state index in [0.717, 1.165) is 0 Å². The molecular formula is C22H19F5N2O3. The van der Waals surface area contributed by atoms with Crippen LogP contribution in [0.15, 0.2) is 41.3 Å². The molecular weight excluding hydrogens is 435 g/mol. The van der Waals surface area contributed by atoms with E-state index in [1.54, 1.807) is 0 Å². The summed E-state index contributed by atoms with van der Waals surface area (Å²) in [6.07, 6.45) is -4.66. The van der Waals surface area contributed by atoms with Crippen LogP contribution in [0.3, 0.4) is 0 Å². The number of aromatic amines is 1. The lowest BCUT2D eigenvalue weighted by atomic mass is 9.69. The zero-order valence-electron chi connectivity index (χ0n) is 16.7. The van der Waals surface area contributed by atoms with Gasteiger partial charge in [0, 0.05) is 28.2 Å². The molecule has 1 aromatic heterocycles. The van der Waals surface area contributed by atoms with Crippen LogP contribution in [-0.4, -0.2) is 27.0 Å². The van der Waals surface area contributed by atoms with Gasteiger partial charge in [0.1, 0.15) is 0 Å². The van der Waals surface area contributed by atoms with Crippen LogP contribution < -0.4 is 10.9 Å². The number of alkyl halides is 3. The number of aromatic nitrogens is 1. The number of anilines is 1. The van der Waals surface area contributed by atoms with Gasteiger partial charge < -0.3 is 20.5 Å². The van der Waals surface area contributed by atoms with Gasteiger partial charge >= 0.3 is 6.18 Å². The van der Waals surface area contributed by atoms with Crippen molar-refractivity contribution in [1.29, 1.82) is 0 Å². The molecule has 0 aliphatic heterocycles. The molecule has 0 saturated carbocycles. The molecule has 1 aliphatic rings. The molecule has 170 valence electrons. The lowest BCUT2D eigenvalue weighted by molar-refractivity contribution is -0.272. The number of nitrogens with one attached hydrogen (secondary N) is 2. The number of phenolic OH excluding ortho intramolecular Hbond substituents is 1. The summed E-state index contributed by atoms with van der Waals surface area (Å²) >= 11 is 0. The summed E-state index contributed by atoms with van der Waals surface area (Å²) in [6.45, 7) is 1.52. The van der Waals surface area contributed by atoms with Crippen LogP contribution >= 0.6 is 0 Å². The predicted octanol–water partition coefficient (Wildman–Crippen LogP) is 4.86. The first-order valence-electron chi connectivity index (χ1n) is 9.86. The van der Waals surface area contributed by atoms with E-state index in [1.165, 1.54) is 37.4 Å². The first kappa shape index (κ1) is 22.1. The van der Waals surface area contributed by atoms with Crippen LogP contribution in [0, 0.1) is 11.6 Å². The van der Waals surface area contributed by atoms with Gasteiger partial charge in [-0.05, 0) is 48.6 Å².